The van der Waals surface area contributed by atoms with Crippen molar-refractivity contribution in [1.82, 2.24) is 0 Å². The van der Waals surface area contributed by atoms with Gasteiger partial charge in [0.05, 0.1) is 13.2 Å². The Bertz CT molecular complexity index is 896. The number of hydrogen-bond acceptors (Lipinski definition) is 3. The first-order valence-corrected chi connectivity index (χ1v) is 12.0. The van der Waals surface area contributed by atoms with Gasteiger partial charge in [-0.15, -0.1) is 0 Å². The molecule has 0 radical (unpaired) electrons. The molecular formula is C27H34O3. The summed E-state index contributed by atoms with van der Waals surface area (Å²) in [5.74, 6) is 1.99. The van der Waals surface area contributed by atoms with Crippen LogP contribution in [-0.2, 0) is 14.3 Å². The molecule has 1 aromatic carbocycles. The van der Waals surface area contributed by atoms with Crippen LogP contribution in [0.25, 0.3) is 5.57 Å². The predicted octanol–water partition coefficient (Wildman–Crippen LogP) is 5.79. The average molecular weight is 407 g/mol. The average Bonchev–Trinajstić information content (AvgIpc) is 3.34. The molecule has 5 atom stereocenters. The van der Waals surface area contributed by atoms with Crippen LogP contribution in [0.2, 0.25) is 0 Å². The van der Waals surface area contributed by atoms with E-state index in [1.165, 1.54) is 17.6 Å². The van der Waals surface area contributed by atoms with Crippen LogP contribution in [0.5, 0.6) is 0 Å². The standard InChI is InChI=1S/C27H34O3/c1-25-12-13-27(29-14-15-30-27)17-23(25)19(18-6-4-3-5-7-18)16-20-21-8-9-24(28)26(21,2)11-10-22(20)25/h3-7,20-22H,8-17H2,1-2H3/t20-,21-,22-,25+,26-/m0/s1. The highest BCUT2D eigenvalue weighted by Crippen LogP contribution is 2.67. The van der Waals surface area contributed by atoms with Crippen molar-refractivity contribution < 1.29 is 14.3 Å². The Morgan fingerprint density at radius 1 is 0.900 bits per heavy atom. The molecule has 3 nitrogen and oxygen atoms in total. The molecule has 1 aromatic rings. The summed E-state index contributed by atoms with van der Waals surface area (Å²) in [5, 5.41) is 0. The lowest BCUT2D eigenvalue weighted by atomic mass is 9.46. The SMILES string of the molecule is C[C@]12CCC3(CC1=C(c1ccccc1)C[C@@H]1[C@@H]2CC[C@]2(C)C(=O)CC[C@@H]12)OCCO3. The molecule has 30 heavy (non-hydrogen) atoms. The monoisotopic (exact) mass is 406 g/mol. The van der Waals surface area contributed by atoms with Crippen LogP contribution < -0.4 is 0 Å². The summed E-state index contributed by atoms with van der Waals surface area (Å²) >= 11 is 0. The predicted molar refractivity (Wildman–Crippen MR) is 117 cm³/mol. The Labute approximate surface area is 180 Å². The zero-order chi connectivity index (χ0) is 20.6. The van der Waals surface area contributed by atoms with Gasteiger partial charge in [-0.05, 0) is 66.4 Å². The molecule has 3 heteroatoms. The first-order chi connectivity index (χ1) is 14.5. The van der Waals surface area contributed by atoms with Crippen molar-refractivity contribution in [3.05, 3.63) is 41.5 Å². The van der Waals surface area contributed by atoms with Crippen molar-refractivity contribution in [3.63, 3.8) is 0 Å². The fourth-order valence-corrected chi connectivity index (χ4v) is 8.19. The third-order valence-electron chi connectivity index (χ3n) is 9.87. The van der Waals surface area contributed by atoms with Crippen LogP contribution in [0.3, 0.4) is 0 Å². The highest BCUT2D eigenvalue weighted by molar-refractivity contribution is 5.87. The number of carbonyl (C=O) groups is 1. The minimum atomic E-state index is -0.395. The molecule has 0 bridgehead atoms. The molecule has 0 unspecified atom stereocenters. The van der Waals surface area contributed by atoms with Gasteiger partial charge in [-0.3, -0.25) is 4.79 Å². The van der Waals surface area contributed by atoms with Gasteiger partial charge in [0.25, 0.3) is 0 Å². The minimum Gasteiger partial charge on any atom is -0.347 e. The first-order valence-electron chi connectivity index (χ1n) is 12.0. The van der Waals surface area contributed by atoms with E-state index in [9.17, 15) is 4.79 Å². The number of rotatable bonds is 1. The van der Waals surface area contributed by atoms with Crippen molar-refractivity contribution in [3.8, 4) is 0 Å². The molecule has 1 saturated heterocycles. The van der Waals surface area contributed by atoms with E-state index in [0.29, 0.717) is 23.5 Å². The fraction of sp³-hybridized carbons (Fsp3) is 0.667. The van der Waals surface area contributed by atoms with E-state index in [2.05, 4.69) is 44.2 Å². The zero-order valence-corrected chi connectivity index (χ0v) is 18.4. The topological polar surface area (TPSA) is 35.5 Å². The minimum absolute atomic E-state index is 0.0790. The van der Waals surface area contributed by atoms with E-state index < -0.39 is 5.79 Å². The van der Waals surface area contributed by atoms with Gasteiger partial charge in [-0.1, -0.05) is 49.8 Å². The van der Waals surface area contributed by atoms with Gasteiger partial charge in [0.2, 0.25) is 0 Å². The second-order valence-electron chi connectivity index (χ2n) is 11.0. The Kier molecular flexibility index (Phi) is 4.19. The van der Waals surface area contributed by atoms with E-state index in [-0.39, 0.29) is 10.8 Å². The molecule has 4 aliphatic carbocycles. The van der Waals surface area contributed by atoms with E-state index >= 15 is 0 Å². The van der Waals surface area contributed by atoms with Crippen LogP contribution in [0.4, 0.5) is 0 Å². The molecular weight excluding hydrogens is 372 g/mol. The summed E-state index contributed by atoms with van der Waals surface area (Å²) in [5.41, 5.74) is 4.60. The Hall–Kier alpha value is -1.45. The van der Waals surface area contributed by atoms with Gasteiger partial charge >= 0.3 is 0 Å². The van der Waals surface area contributed by atoms with E-state index in [0.717, 1.165) is 58.2 Å². The van der Waals surface area contributed by atoms with Gasteiger partial charge in [-0.25, -0.2) is 0 Å². The number of Topliss-reactive ketones (excluding diaryl/α,β-unsaturated/α-hetero) is 1. The summed E-state index contributed by atoms with van der Waals surface area (Å²) in [6, 6.07) is 11.0. The normalized spacial score (nSPS) is 42.2. The van der Waals surface area contributed by atoms with Gasteiger partial charge in [-0.2, -0.15) is 0 Å². The largest absolute Gasteiger partial charge is 0.347 e. The van der Waals surface area contributed by atoms with Gasteiger partial charge < -0.3 is 9.47 Å². The van der Waals surface area contributed by atoms with Crippen molar-refractivity contribution in [2.24, 2.45) is 28.6 Å². The number of hydrogen-bond donors (Lipinski definition) is 0. The summed E-state index contributed by atoms with van der Waals surface area (Å²) in [6.07, 6.45) is 8.33. The summed E-state index contributed by atoms with van der Waals surface area (Å²) in [6.45, 7) is 6.25. The lowest BCUT2D eigenvalue weighted by Gasteiger charge is -2.59. The van der Waals surface area contributed by atoms with E-state index in [1.807, 2.05) is 0 Å². The number of carbonyl (C=O) groups excluding carboxylic acids is 1. The Balaban J connectivity index is 1.48. The molecule has 0 N–H and O–H groups in total. The van der Waals surface area contributed by atoms with Crippen LogP contribution in [0.1, 0.15) is 70.8 Å². The highest BCUT2D eigenvalue weighted by Gasteiger charge is 2.61. The third-order valence-corrected chi connectivity index (χ3v) is 9.87. The number of fused-ring (bicyclic) bond motifs is 5. The van der Waals surface area contributed by atoms with Crippen LogP contribution in [0, 0.1) is 28.6 Å². The van der Waals surface area contributed by atoms with Crippen molar-refractivity contribution >= 4 is 11.4 Å². The molecule has 0 aromatic heterocycles. The molecule has 6 rings (SSSR count). The molecule has 4 fully saturated rings. The van der Waals surface area contributed by atoms with Gasteiger partial charge in [0.15, 0.2) is 5.79 Å². The van der Waals surface area contributed by atoms with Gasteiger partial charge in [0.1, 0.15) is 5.78 Å². The summed E-state index contributed by atoms with van der Waals surface area (Å²) in [4.78, 5) is 12.8. The van der Waals surface area contributed by atoms with Crippen molar-refractivity contribution in [1.29, 1.82) is 0 Å². The van der Waals surface area contributed by atoms with Crippen LogP contribution >= 0.6 is 0 Å². The molecule has 1 spiro atoms. The highest BCUT2D eigenvalue weighted by atomic mass is 16.7. The lowest BCUT2D eigenvalue weighted by Crippen LogP contribution is -2.53. The molecule has 1 heterocycles. The number of ketones is 1. The van der Waals surface area contributed by atoms with Crippen molar-refractivity contribution in [2.45, 2.75) is 71.0 Å². The Morgan fingerprint density at radius 3 is 2.40 bits per heavy atom. The number of benzene rings is 1. The molecule has 3 saturated carbocycles. The smallest absolute Gasteiger partial charge is 0.172 e. The zero-order valence-electron chi connectivity index (χ0n) is 18.4. The number of ether oxygens (including phenoxy) is 2. The maximum absolute atomic E-state index is 12.8. The van der Waals surface area contributed by atoms with Crippen LogP contribution in [-0.4, -0.2) is 24.8 Å². The van der Waals surface area contributed by atoms with Crippen LogP contribution in [0.15, 0.2) is 35.9 Å². The molecule has 1 aliphatic heterocycles. The molecule has 5 aliphatic rings. The maximum atomic E-state index is 12.8. The van der Waals surface area contributed by atoms with Crippen molar-refractivity contribution in [2.75, 3.05) is 13.2 Å². The third kappa shape index (κ3) is 2.54. The van der Waals surface area contributed by atoms with E-state index in [1.54, 1.807) is 5.57 Å². The van der Waals surface area contributed by atoms with Gasteiger partial charge in [0, 0.05) is 24.7 Å². The molecule has 0 amide bonds. The lowest BCUT2D eigenvalue weighted by molar-refractivity contribution is -0.184. The Morgan fingerprint density at radius 2 is 1.63 bits per heavy atom. The fourth-order valence-electron chi connectivity index (χ4n) is 8.19. The quantitative estimate of drug-likeness (QED) is 0.592. The maximum Gasteiger partial charge on any atom is 0.172 e. The summed E-state index contributed by atoms with van der Waals surface area (Å²) in [7, 11) is 0. The van der Waals surface area contributed by atoms with E-state index in [4.69, 9.17) is 9.47 Å². The second kappa shape index (κ2) is 6.53. The number of allylic oxidation sites excluding steroid dienone is 1. The second-order valence-corrected chi connectivity index (χ2v) is 11.0. The molecule has 160 valence electrons. The first kappa shape index (κ1) is 19.3. The summed E-state index contributed by atoms with van der Waals surface area (Å²) < 4.78 is 12.4.